The van der Waals surface area contributed by atoms with Crippen molar-refractivity contribution in [2.24, 2.45) is 0 Å². The number of rotatable bonds is 6. The normalized spacial score (nSPS) is 10.1. The van der Waals surface area contributed by atoms with Crippen LogP contribution in [0.25, 0.3) is 22.5 Å². The monoisotopic (exact) mass is 717 g/mol. The average molecular weight is 717 g/mol. The second-order valence-corrected chi connectivity index (χ2v) is 10.1. The van der Waals surface area contributed by atoms with Gasteiger partial charge in [0.2, 0.25) is 0 Å². The first-order chi connectivity index (χ1) is 18.5. The Balaban J connectivity index is 0.000000320. The summed E-state index contributed by atoms with van der Waals surface area (Å²) in [4.78, 5) is 38.3. The summed E-state index contributed by atoms with van der Waals surface area (Å²) >= 11 is 0. The molecule has 6 nitrogen and oxygen atoms in total. The Hall–Kier alpha value is -3.41. The molecule has 0 N–H and O–H groups in total. The van der Waals surface area contributed by atoms with Crippen molar-refractivity contribution in [3.8, 4) is 22.5 Å². The van der Waals surface area contributed by atoms with Crippen molar-refractivity contribution in [1.29, 1.82) is 0 Å². The Bertz CT molecular complexity index is 1250. The van der Waals surface area contributed by atoms with Crippen LogP contribution in [0, 0.1) is 13.8 Å². The maximum atomic E-state index is 10.0. The smallest absolute Gasteiger partial charge is 0.137 e. The zero-order chi connectivity index (χ0) is 28.9. The van der Waals surface area contributed by atoms with Crippen LogP contribution in [0.1, 0.15) is 82.6 Å². The molecule has 0 aliphatic heterocycles. The molecule has 0 bridgehead atoms. The van der Waals surface area contributed by atoms with E-state index in [1.807, 2.05) is 62.6 Å². The maximum absolute atomic E-state index is 10.0. The quantitative estimate of drug-likeness (QED) is 0.190. The molecule has 0 amide bonds. The molecule has 0 saturated heterocycles. The van der Waals surface area contributed by atoms with E-state index in [2.05, 4.69) is 71.9 Å². The molecule has 0 saturated carbocycles. The van der Waals surface area contributed by atoms with Crippen molar-refractivity contribution >= 4 is 11.6 Å². The molecule has 4 aromatic rings. The molecular weight excluding hydrogens is 677 g/mol. The number of aromatic nitrogens is 4. The van der Waals surface area contributed by atoms with E-state index >= 15 is 0 Å². The second kappa shape index (κ2) is 17.3. The zero-order valence-electron chi connectivity index (χ0n) is 24.7. The summed E-state index contributed by atoms with van der Waals surface area (Å²) in [7, 11) is 0. The predicted molar refractivity (Wildman–Crippen MR) is 159 cm³/mol. The van der Waals surface area contributed by atoms with Crippen molar-refractivity contribution in [2.45, 2.75) is 73.6 Å². The fraction of sp³-hybridized carbons (Fsp3) is 0.333. The van der Waals surface area contributed by atoms with Gasteiger partial charge in [0.05, 0.1) is 40.6 Å². The second-order valence-electron chi connectivity index (χ2n) is 10.1. The standard InChI is InChI=1S/2C14H16N2.C5H8O2.Ir/c2*1-10(2)13-9-15-14(11(3)16-13)12-7-5-4-6-8-12;1-4(6)3-5(2)7;/h2*4-10H,1-3H3;3H2,1-2H3;. The average Bonchev–Trinajstić information content (AvgIpc) is 2.89. The summed E-state index contributed by atoms with van der Waals surface area (Å²) in [6, 6.07) is 20.3. The third kappa shape index (κ3) is 11.4. The molecule has 0 unspecified atom stereocenters. The van der Waals surface area contributed by atoms with E-state index in [4.69, 9.17) is 0 Å². The SMILES string of the molecule is CC(=O)CC(C)=O.Cc1nc(C(C)C)cnc1-c1ccccc1.Cc1nc(C(C)C)cnc1-c1ccccc1.[Ir]. The van der Waals surface area contributed by atoms with Gasteiger partial charge in [0, 0.05) is 43.6 Å². The molecular formula is C33H40IrN4O2. The summed E-state index contributed by atoms with van der Waals surface area (Å²) < 4.78 is 0. The first-order valence-corrected chi connectivity index (χ1v) is 13.3. The Morgan fingerprint density at radius 1 is 0.625 bits per heavy atom. The molecule has 0 atom stereocenters. The number of hydrogen-bond donors (Lipinski definition) is 0. The number of Topliss-reactive ketones (excluding diaryl/α,β-unsaturated/α-hetero) is 2. The minimum atomic E-state index is -0.0625. The van der Waals surface area contributed by atoms with Crippen LogP contribution in [0.3, 0.4) is 0 Å². The zero-order valence-corrected chi connectivity index (χ0v) is 27.1. The summed E-state index contributed by atoms with van der Waals surface area (Å²) in [5.41, 5.74) is 8.31. The van der Waals surface area contributed by atoms with E-state index in [1.54, 1.807) is 0 Å². The molecule has 213 valence electrons. The van der Waals surface area contributed by atoms with E-state index in [-0.39, 0.29) is 38.1 Å². The fourth-order valence-corrected chi connectivity index (χ4v) is 3.66. The van der Waals surface area contributed by atoms with Crippen LogP contribution in [0.2, 0.25) is 0 Å². The molecule has 0 aliphatic carbocycles. The van der Waals surface area contributed by atoms with E-state index in [0.717, 1.165) is 45.3 Å². The molecule has 0 fully saturated rings. The molecule has 0 aliphatic rings. The molecule has 2 heterocycles. The van der Waals surface area contributed by atoms with Crippen LogP contribution in [0.5, 0.6) is 0 Å². The van der Waals surface area contributed by atoms with Crippen molar-refractivity contribution < 1.29 is 29.7 Å². The van der Waals surface area contributed by atoms with Crippen LogP contribution >= 0.6 is 0 Å². The van der Waals surface area contributed by atoms with Gasteiger partial charge in [-0.15, -0.1) is 0 Å². The van der Waals surface area contributed by atoms with E-state index in [1.165, 1.54) is 13.8 Å². The minimum Gasteiger partial charge on any atom is -0.300 e. The molecule has 2 aromatic heterocycles. The minimum absolute atomic E-state index is 0. The van der Waals surface area contributed by atoms with Gasteiger partial charge in [0.25, 0.3) is 0 Å². The van der Waals surface area contributed by atoms with Gasteiger partial charge in [-0.3, -0.25) is 29.5 Å². The summed E-state index contributed by atoms with van der Waals surface area (Å²) in [5.74, 6) is 0.729. The summed E-state index contributed by atoms with van der Waals surface area (Å²) in [6.07, 6.45) is 3.83. The number of hydrogen-bond acceptors (Lipinski definition) is 6. The Kier molecular flexibility index (Phi) is 15.0. The van der Waals surface area contributed by atoms with Crippen LogP contribution in [0.4, 0.5) is 0 Å². The van der Waals surface area contributed by atoms with Gasteiger partial charge in [-0.2, -0.15) is 0 Å². The van der Waals surface area contributed by atoms with Crippen molar-refractivity contribution in [3.05, 3.63) is 95.8 Å². The topological polar surface area (TPSA) is 85.7 Å². The van der Waals surface area contributed by atoms with Gasteiger partial charge >= 0.3 is 0 Å². The van der Waals surface area contributed by atoms with Crippen LogP contribution in [0.15, 0.2) is 73.1 Å². The number of nitrogens with zero attached hydrogens (tertiary/aromatic N) is 4. The molecule has 1 radical (unpaired) electrons. The fourth-order valence-electron chi connectivity index (χ4n) is 3.66. The third-order valence-corrected chi connectivity index (χ3v) is 5.71. The molecule has 40 heavy (non-hydrogen) atoms. The van der Waals surface area contributed by atoms with E-state index in [0.29, 0.717) is 11.8 Å². The predicted octanol–water partition coefficient (Wildman–Crippen LogP) is 7.70. The van der Waals surface area contributed by atoms with Crippen molar-refractivity contribution in [3.63, 3.8) is 0 Å². The van der Waals surface area contributed by atoms with Gasteiger partial charge in [-0.1, -0.05) is 88.4 Å². The number of aryl methyl sites for hydroxylation is 2. The van der Waals surface area contributed by atoms with Gasteiger partial charge in [0.15, 0.2) is 0 Å². The van der Waals surface area contributed by atoms with Gasteiger partial charge < -0.3 is 0 Å². The number of benzene rings is 2. The summed E-state index contributed by atoms with van der Waals surface area (Å²) in [5, 5.41) is 0. The number of ketones is 2. The van der Waals surface area contributed by atoms with Gasteiger partial charge in [-0.05, 0) is 39.5 Å². The third-order valence-electron chi connectivity index (χ3n) is 5.71. The van der Waals surface area contributed by atoms with Crippen molar-refractivity contribution in [1.82, 2.24) is 19.9 Å². The summed E-state index contributed by atoms with van der Waals surface area (Å²) in [6.45, 7) is 15.4. The number of carbonyl (C=O) groups excluding carboxylic acids is 2. The van der Waals surface area contributed by atoms with E-state index in [9.17, 15) is 9.59 Å². The largest absolute Gasteiger partial charge is 0.300 e. The van der Waals surface area contributed by atoms with Gasteiger partial charge in [-0.25, -0.2) is 0 Å². The maximum Gasteiger partial charge on any atom is 0.137 e. The van der Waals surface area contributed by atoms with Crippen LogP contribution in [-0.2, 0) is 29.7 Å². The molecule has 2 aromatic carbocycles. The molecule has 7 heteroatoms. The van der Waals surface area contributed by atoms with Crippen LogP contribution < -0.4 is 0 Å². The first-order valence-electron chi connectivity index (χ1n) is 13.3. The van der Waals surface area contributed by atoms with Crippen molar-refractivity contribution in [2.75, 3.05) is 0 Å². The molecule has 0 spiro atoms. The Morgan fingerprint density at radius 2 is 0.950 bits per heavy atom. The molecule has 4 rings (SSSR count). The Labute approximate surface area is 252 Å². The number of carbonyl (C=O) groups is 2. The Morgan fingerprint density at radius 3 is 1.18 bits per heavy atom. The van der Waals surface area contributed by atoms with Gasteiger partial charge in [0.1, 0.15) is 11.6 Å². The first kappa shape index (κ1) is 34.6. The van der Waals surface area contributed by atoms with Crippen LogP contribution in [-0.4, -0.2) is 31.5 Å². The van der Waals surface area contributed by atoms with E-state index < -0.39 is 0 Å².